The van der Waals surface area contributed by atoms with Gasteiger partial charge in [-0.25, -0.2) is 9.48 Å². The van der Waals surface area contributed by atoms with Crippen LogP contribution in [-0.2, 0) is 4.74 Å². The lowest BCUT2D eigenvalue weighted by Gasteiger charge is -2.33. The van der Waals surface area contributed by atoms with Crippen molar-refractivity contribution in [2.45, 2.75) is 44.4 Å². The highest BCUT2D eigenvalue weighted by Crippen LogP contribution is 2.46. The Morgan fingerprint density at radius 3 is 2.81 bits per heavy atom. The van der Waals surface area contributed by atoms with Crippen molar-refractivity contribution in [2.24, 2.45) is 5.92 Å². The first kappa shape index (κ1) is 14.2. The summed E-state index contributed by atoms with van der Waals surface area (Å²) in [6.07, 6.45) is -1.45. The zero-order valence-electron chi connectivity index (χ0n) is 11.5. The number of nitrogens with one attached hydrogen (secondary N) is 1. The molecule has 21 heavy (non-hydrogen) atoms. The van der Waals surface area contributed by atoms with E-state index in [0.717, 1.165) is 23.7 Å². The Morgan fingerprint density at radius 2 is 2.24 bits per heavy atom. The third-order valence-corrected chi connectivity index (χ3v) is 3.95. The molecule has 8 heteroatoms. The van der Waals surface area contributed by atoms with E-state index in [-0.39, 0.29) is 36.4 Å². The largest absolute Gasteiger partial charge is 0.462 e. The lowest BCUT2D eigenvalue weighted by molar-refractivity contribution is -0.174. The lowest BCUT2D eigenvalue weighted by Crippen LogP contribution is -2.40. The summed E-state index contributed by atoms with van der Waals surface area (Å²) in [5, 5.41) is 6.80. The topological polar surface area (TPSA) is 56.1 Å². The number of anilines is 1. The lowest BCUT2D eigenvalue weighted by atomic mass is 9.99. The molecule has 0 bridgehead atoms. The molecule has 2 atom stereocenters. The fourth-order valence-electron chi connectivity index (χ4n) is 2.76. The predicted molar refractivity (Wildman–Crippen MR) is 68.0 cm³/mol. The molecule has 1 N–H and O–H groups in total. The van der Waals surface area contributed by atoms with Crippen LogP contribution in [0.3, 0.4) is 0 Å². The quantitative estimate of drug-likeness (QED) is 0.872. The Bertz CT molecular complexity index is 551. The van der Waals surface area contributed by atoms with Crippen molar-refractivity contribution in [1.29, 1.82) is 0 Å². The van der Waals surface area contributed by atoms with E-state index < -0.39 is 18.2 Å². The fraction of sp³-hybridized carbons (Fsp3) is 0.692. The van der Waals surface area contributed by atoms with Crippen LogP contribution in [0.15, 0.2) is 6.20 Å². The molecule has 0 spiro atoms. The van der Waals surface area contributed by atoms with Gasteiger partial charge >= 0.3 is 12.1 Å². The van der Waals surface area contributed by atoms with Gasteiger partial charge in [0.15, 0.2) is 6.04 Å². The van der Waals surface area contributed by atoms with Crippen molar-refractivity contribution in [2.75, 3.05) is 11.9 Å². The molecule has 2 aliphatic rings. The van der Waals surface area contributed by atoms with Gasteiger partial charge in [0.25, 0.3) is 0 Å². The number of alkyl halides is 3. The molecule has 1 aliphatic heterocycles. The summed E-state index contributed by atoms with van der Waals surface area (Å²) in [5.41, 5.74) is 0.0662. The molecule has 1 aromatic heterocycles. The van der Waals surface area contributed by atoms with E-state index in [9.17, 15) is 18.0 Å². The molecular formula is C13H16F3N3O2. The predicted octanol–water partition coefficient (Wildman–Crippen LogP) is 2.76. The summed E-state index contributed by atoms with van der Waals surface area (Å²) in [7, 11) is 0. The number of rotatable bonds is 3. The van der Waals surface area contributed by atoms with Crippen molar-refractivity contribution in [3.63, 3.8) is 0 Å². The number of hydrogen-bond donors (Lipinski definition) is 1. The Hall–Kier alpha value is -1.73. The number of fused-ring (bicyclic) bond motifs is 1. The zero-order chi connectivity index (χ0) is 15.2. The molecule has 0 aromatic carbocycles. The van der Waals surface area contributed by atoms with Crippen LogP contribution >= 0.6 is 0 Å². The SMILES string of the molecule is CCOC(=O)c1cnn2c1NC(C1CC1)CC2C(F)(F)F. The maximum Gasteiger partial charge on any atom is 0.410 e. The van der Waals surface area contributed by atoms with Crippen LogP contribution in [0.1, 0.15) is 42.6 Å². The second-order valence-corrected chi connectivity index (χ2v) is 5.45. The van der Waals surface area contributed by atoms with Crippen LogP contribution in [0.2, 0.25) is 0 Å². The smallest absolute Gasteiger partial charge is 0.410 e. The van der Waals surface area contributed by atoms with Gasteiger partial charge in [-0.1, -0.05) is 0 Å². The van der Waals surface area contributed by atoms with Gasteiger partial charge < -0.3 is 10.1 Å². The van der Waals surface area contributed by atoms with E-state index in [4.69, 9.17) is 4.74 Å². The number of ether oxygens (including phenoxy) is 1. The number of esters is 1. The minimum atomic E-state index is -4.39. The van der Waals surface area contributed by atoms with Crippen molar-refractivity contribution in [3.8, 4) is 0 Å². The second-order valence-electron chi connectivity index (χ2n) is 5.45. The zero-order valence-corrected chi connectivity index (χ0v) is 11.5. The van der Waals surface area contributed by atoms with Crippen LogP contribution in [0.5, 0.6) is 0 Å². The number of hydrogen-bond acceptors (Lipinski definition) is 4. The molecule has 1 fully saturated rings. The molecule has 5 nitrogen and oxygen atoms in total. The summed E-state index contributed by atoms with van der Waals surface area (Å²) < 4.78 is 45.4. The first-order valence-corrected chi connectivity index (χ1v) is 6.99. The van der Waals surface area contributed by atoms with Crippen LogP contribution < -0.4 is 5.32 Å². The van der Waals surface area contributed by atoms with Gasteiger partial charge in [0.1, 0.15) is 11.4 Å². The molecule has 1 aliphatic carbocycles. The van der Waals surface area contributed by atoms with Crippen LogP contribution in [0, 0.1) is 5.92 Å². The van der Waals surface area contributed by atoms with E-state index >= 15 is 0 Å². The first-order chi connectivity index (χ1) is 9.91. The van der Waals surface area contributed by atoms with Crippen LogP contribution in [-0.4, -0.2) is 34.6 Å². The van der Waals surface area contributed by atoms with E-state index in [1.807, 2.05) is 0 Å². The average Bonchev–Trinajstić information content (AvgIpc) is 3.16. The minimum absolute atomic E-state index is 0.0505. The third kappa shape index (κ3) is 2.58. The molecule has 0 amide bonds. The number of halogens is 3. The van der Waals surface area contributed by atoms with Crippen molar-refractivity contribution in [3.05, 3.63) is 11.8 Å². The summed E-state index contributed by atoms with van der Waals surface area (Å²) in [5.74, 6) is -0.281. The molecule has 3 rings (SSSR count). The molecular weight excluding hydrogens is 287 g/mol. The third-order valence-electron chi connectivity index (χ3n) is 3.95. The van der Waals surface area contributed by atoms with Crippen LogP contribution in [0.4, 0.5) is 19.0 Å². The molecule has 0 radical (unpaired) electrons. The first-order valence-electron chi connectivity index (χ1n) is 6.99. The fourth-order valence-corrected chi connectivity index (χ4v) is 2.76. The monoisotopic (exact) mass is 303 g/mol. The average molecular weight is 303 g/mol. The minimum Gasteiger partial charge on any atom is -0.462 e. The Morgan fingerprint density at radius 1 is 1.52 bits per heavy atom. The number of aromatic nitrogens is 2. The van der Waals surface area contributed by atoms with E-state index in [2.05, 4.69) is 10.4 Å². The van der Waals surface area contributed by atoms with Gasteiger partial charge in [-0.2, -0.15) is 18.3 Å². The standard InChI is InChI=1S/C13H16F3N3O2/c1-2-21-12(20)8-6-17-19-10(13(14,15)16)5-9(7-3-4-7)18-11(8)19/h6-7,9-10,18H,2-5H2,1H3. The number of carbonyl (C=O) groups is 1. The molecule has 2 unspecified atom stereocenters. The number of carbonyl (C=O) groups excluding carboxylic acids is 1. The van der Waals surface area contributed by atoms with Gasteiger partial charge in [0.05, 0.1) is 12.8 Å². The van der Waals surface area contributed by atoms with E-state index in [0.29, 0.717) is 0 Å². The molecule has 2 heterocycles. The highest BCUT2D eigenvalue weighted by Gasteiger charge is 2.49. The van der Waals surface area contributed by atoms with Gasteiger partial charge in [-0.05, 0) is 32.1 Å². The Kier molecular flexibility index (Phi) is 3.33. The highest BCUT2D eigenvalue weighted by atomic mass is 19.4. The molecule has 0 saturated heterocycles. The normalized spacial score (nSPS) is 25.1. The second kappa shape index (κ2) is 4.92. The summed E-state index contributed by atoms with van der Waals surface area (Å²) in [4.78, 5) is 11.8. The van der Waals surface area contributed by atoms with Gasteiger partial charge in [-0.3, -0.25) is 0 Å². The Balaban J connectivity index is 1.97. The summed E-state index contributed by atoms with van der Waals surface area (Å²) in [6, 6.07) is -1.96. The van der Waals surface area contributed by atoms with Gasteiger partial charge in [0, 0.05) is 6.04 Å². The van der Waals surface area contributed by atoms with Gasteiger partial charge in [-0.15, -0.1) is 0 Å². The summed E-state index contributed by atoms with van der Waals surface area (Å²) >= 11 is 0. The van der Waals surface area contributed by atoms with Gasteiger partial charge in [0.2, 0.25) is 0 Å². The maximum atomic E-state index is 13.2. The Labute approximate surface area is 119 Å². The van der Waals surface area contributed by atoms with E-state index in [1.54, 1.807) is 6.92 Å². The van der Waals surface area contributed by atoms with Crippen LogP contribution in [0.25, 0.3) is 0 Å². The molecule has 1 saturated carbocycles. The number of nitrogens with zero attached hydrogens (tertiary/aromatic N) is 2. The van der Waals surface area contributed by atoms with Crippen molar-refractivity contribution in [1.82, 2.24) is 9.78 Å². The van der Waals surface area contributed by atoms with E-state index in [1.165, 1.54) is 0 Å². The van der Waals surface area contributed by atoms with Crippen molar-refractivity contribution >= 4 is 11.8 Å². The molecule has 116 valence electrons. The highest BCUT2D eigenvalue weighted by molar-refractivity contribution is 5.94. The molecule has 1 aromatic rings. The summed E-state index contributed by atoms with van der Waals surface area (Å²) in [6.45, 7) is 1.81. The maximum absolute atomic E-state index is 13.2. The van der Waals surface area contributed by atoms with Crippen molar-refractivity contribution < 1.29 is 22.7 Å².